The van der Waals surface area contributed by atoms with Crippen molar-refractivity contribution in [3.8, 4) is 0 Å². The highest BCUT2D eigenvalue weighted by atomic mass is 32.2. The number of aliphatic imine (C=N–C) groups is 1. The van der Waals surface area contributed by atoms with E-state index >= 15 is 0 Å². The molecular weight excluding hydrogens is 372 g/mol. The fourth-order valence-electron chi connectivity index (χ4n) is 4.81. The van der Waals surface area contributed by atoms with Gasteiger partial charge in [0.15, 0.2) is 0 Å². The van der Waals surface area contributed by atoms with E-state index in [2.05, 4.69) is 50.9 Å². The van der Waals surface area contributed by atoms with Gasteiger partial charge >= 0.3 is 0 Å². The molecule has 5 rings (SSSR count). The van der Waals surface area contributed by atoms with Crippen LogP contribution in [0.2, 0.25) is 0 Å². The topological polar surface area (TPSA) is 65.0 Å². The Labute approximate surface area is 165 Å². The van der Waals surface area contributed by atoms with Crippen LogP contribution in [-0.2, 0) is 10.0 Å². The molecule has 2 aromatic rings. The molecule has 3 aliphatic rings. The number of nitrogens with zero attached hydrogens (tertiary/aromatic N) is 3. The largest absolute Gasteiger partial charge is 0.350 e. The molecule has 2 unspecified atom stereocenters. The van der Waals surface area contributed by atoms with E-state index in [0.29, 0.717) is 11.6 Å². The van der Waals surface area contributed by atoms with Crippen LogP contribution < -0.4 is 9.62 Å². The number of fused-ring (bicyclic) bond motifs is 6. The molecule has 7 heteroatoms. The lowest BCUT2D eigenvalue weighted by Gasteiger charge is -2.47. The summed E-state index contributed by atoms with van der Waals surface area (Å²) in [5.74, 6) is 1.49. The van der Waals surface area contributed by atoms with Crippen molar-refractivity contribution in [3.05, 3.63) is 59.7 Å². The summed E-state index contributed by atoms with van der Waals surface area (Å²) in [6, 6.07) is 16.4. The Morgan fingerprint density at radius 3 is 2.61 bits per heavy atom. The van der Waals surface area contributed by atoms with Crippen LogP contribution >= 0.6 is 0 Å². The van der Waals surface area contributed by atoms with E-state index in [1.165, 1.54) is 23.1 Å². The van der Waals surface area contributed by atoms with Crippen LogP contribution in [0.25, 0.3) is 0 Å². The van der Waals surface area contributed by atoms with Crippen molar-refractivity contribution in [1.29, 1.82) is 0 Å². The summed E-state index contributed by atoms with van der Waals surface area (Å²) in [7, 11) is -3.26. The highest BCUT2D eigenvalue weighted by molar-refractivity contribution is 7.92. The molecule has 0 saturated carbocycles. The number of nitrogens with one attached hydrogen (secondary N) is 1. The van der Waals surface area contributed by atoms with Gasteiger partial charge in [-0.1, -0.05) is 24.3 Å². The molecule has 146 valence electrons. The minimum atomic E-state index is -3.26. The van der Waals surface area contributed by atoms with Gasteiger partial charge in [0.2, 0.25) is 10.0 Å². The third-order valence-corrected chi connectivity index (χ3v) is 6.47. The summed E-state index contributed by atoms with van der Waals surface area (Å²) in [6.45, 7) is 2.93. The molecule has 2 atom stereocenters. The van der Waals surface area contributed by atoms with Gasteiger partial charge in [-0.2, -0.15) is 0 Å². The van der Waals surface area contributed by atoms with Crippen LogP contribution in [0.4, 0.5) is 11.4 Å². The van der Waals surface area contributed by atoms with Crippen molar-refractivity contribution in [3.63, 3.8) is 0 Å². The summed E-state index contributed by atoms with van der Waals surface area (Å²) >= 11 is 0. The number of sulfonamides is 1. The van der Waals surface area contributed by atoms with E-state index in [-0.39, 0.29) is 6.17 Å². The summed E-state index contributed by atoms with van der Waals surface area (Å²) in [6.07, 6.45) is 3.59. The number of rotatable bonds is 3. The van der Waals surface area contributed by atoms with Crippen LogP contribution in [0, 0.1) is 0 Å². The van der Waals surface area contributed by atoms with Crippen LogP contribution in [0.3, 0.4) is 0 Å². The van der Waals surface area contributed by atoms with E-state index in [1.54, 1.807) is 0 Å². The number of para-hydroxylation sites is 1. The number of hydrogen-bond donors (Lipinski definition) is 1. The van der Waals surface area contributed by atoms with Gasteiger partial charge in [0.25, 0.3) is 0 Å². The molecule has 2 aromatic carbocycles. The predicted octanol–water partition coefficient (Wildman–Crippen LogP) is 2.84. The number of amidine groups is 1. The van der Waals surface area contributed by atoms with E-state index in [1.807, 2.05) is 12.1 Å². The van der Waals surface area contributed by atoms with E-state index in [4.69, 9.17) is 4.99 Å². The first-order valence-corrected chi connectivity index (χ1v) is 11.7. The lowest BCUT2D eigenvalue weighted by Crippen LogP contribution is -2.56. The Balaban J connectivity index is 1.51. The highest BCUT2D eigenvalue weighted by Gasteiger charge is 2.45. The maximum Gasteiger partial charge on any atom is 0.229 e. The molecule has 0 spiro atoms. The Hall–Kier alpha value is -2.54. The number of anilines is 2. The van der Waals surface area contributed by atoms with Gasteiger partial charge in [-0.25, -0.2) is 8.42 Å². The smallest absolute Gasteiger partial charge is 0.229 e. The average molecular weight is 397 g/mol. The van der Waals surface area contributed by atoms with Crippen molar-refractivity contribution >= 4 is 27.2 Å². The average Bonchev–Trinajstić information content (AvgIpc) is 3.13. The third kappa shape index (κ3) is 2.94. The van der Waals surface area contributed by atoms with Gasteiger partial charge in [-0.05, 0) is 42.7 Å². The molecule has 1 saturated heterocycles. The van der Waals surface area contributed by atoms with Gasteiger partial charge in [0, 0.05) is 42.5 Å². The monoisotopic (exact) mass is 396 g/mol. The fraction of sp³-hybridized carbons (Fsp3) is 0.381. The molecular formula is C21H24N4O2S. The number of hydrogen-bond acceptors (Lipinski definition) is 5. The minimum Gasteiger partial charge on any atom is -0.350 e. The van der Waals surface area contributed by atoms with Crippen LogP contribution in [-0.4, -0.2) is 51.2 Å². The first-order valence-electron chi connectivity index (χ1n) is 9.76. The molecule has 0 bridgehead atoms. The van der Waals surface area contributed by atoms with Crippen LogP contribution in [0.15, 0.2) is 53.5 Å². The molecule has 28 heavy (non-hydrogen) atoms. The van der Waals surface area contributed by atoms with Gasteiger partial charge in [0.05, 0.1) is 6.26 Å². The lowest BCUT2D eigenvalue weighted by atomic mass is 9.92. The summed E-state index contributed by atoms with van der Waals surface area (Å²) < 4.78 is 25.5. The zero-order chi connectivity index (χ0) is 19.3. The SMILES string of the molecule is CS(=O)(=O)Nc1ccc(C2CCN3c4ccccc4C4=NCCCN4C23)cc1. The maximum atomic E-state index is 11.5. The second kappa shape index (κ2) is 6.51. The van der Waals surface area contributed by atoms with E-state index in [9.17, 15) is 8.42 Å². The quantitative estimate of drug-likeness (QED) is 0.867. The zero-order valence-electron chi connectivity index (χ0n) is 15.9. The lowest BCUT2D eigenvalue weighted by molar-refractivity contribution is 0.275. The standard InChI is InChI=1S/C21H24N4O2S/c1-28(26,27)23-16-9-7-15(8-10-16)17-11-14-24-19-6-3-2-5-18(19)20-22-12-4-13-25(20)21(17)24/h2-3,5-10,17,21,23H,4,11-14H2,1H3. The van der Waals surface area contributed by atoms with E-state index in [0.717, 1.165) is 38.3 Å². The molecule has 0 radical (unpaired) electrons. The van der Waals surface area contributed by atoms with Gasteiger partial charge < -0.3 is 9.80 Å². The van der Waals surface area contributed by atoms with Crippen LogP contribution in [0.1, 0.15) is 29.9 Å². The predicted molar refractivity (Wildman–Crippen MR) is 113 cm³/mol. The normalized spacial score (nSPS) is 23.5. The first-order chi connectivity index (χ1) is 13.5. The van der Waals surface area contributed by atoms with Crippen molar-refractivity contribution in [2.75, 3.05) is 35.5 Å². The van der Waals surface area contributed by atoms with Crippen molar-refractivity contribution in [1.82, 2.24) is 4.90 Å². The molecule has 3 aliphatic heterocycles. The Morgan fingerprint density at radius 2 is 1.82 bits per heavy atom. The first kappa shape index (κ1) is 17.6. The van der Waals surface area contributed by atoms with Crippen molar-refractivity contribution in [2.24, 2.45) is 4.99 Å². The second-order valence-electron chi connectivity index (χ2n) is 7.77. The van der Waals surface area contributed by atoms with Crippen LogP contribution in [0.5, 0.6) is 0 Å². The van der Waals surface area contributed by atoms with Gasteiger partial charge in [-0.15, -0.1) is 0 Å². The molecule has 0 amide bonds. The second-order valence-corrected chi connectivity index (χ2v) is 9.52. The molecule has 1 N–H and O–H groups in total. The maximum absolute atomic E-state index is 11.5. The van der Waals surface area contributed by atoms with Crippen molar-refractivity contribution in [2.45, 2.75) is 24.9 Å². The minimum absolute atomic E-state index is 0.266. The Bertz CT molecular complexity index is 1030. The Kier molecular flexibility index (Phi) is 4.08. The zero-order valence-corrected chi connectivity index (χ0v) is 16.7. The molecule has 3 heterocycles. The molecule has 6 nitrogen and oxygen atoms in total. The highest BCUT2D eigenvalue weighted by Crippen LogP contribution is 2.44. The van der Waals surface area contributed by atoms with Gasteiger partial charge in [-0.3, -0.25) is 9.71 Å². The molecule has 1 fully saturated rings. The Morgan fingerprint density at radius 1 is 1.04 bits per heavy atom. The van der Waals surface area contributed by atoms with Crippen molar-refractivity contribution < 1.29 is 8.42 Å². The van der Waals surface area contributed by atoms with Gasteiger partial charge in [0.1, 0.15) is 12.0 Å². The third-order valence-electron chi connectivity index (χ3n) is 5.87. The number of benzene rings is 2. The van der Waals surface area contributed by atoms with E-state index < -0.39 is 10.0 Å². The summed E-state index contributed by atoms with van der Waals surface area (Å²) in [5, 5.41) is 0. The summed E-state index contributed by atoms with van der Waals surface area (Å²) in [4.78, 5) is 9.87. The molecule has 0 aliphatic carbocycles. The molecule has 0 aromatic heterocycles. The fourth-order valence-corrected chi connectivity index (χ4v) is 5.37. The summed E-state index contributed by atoms with van der Waals surface area (Å²) in [5.41, 5.74) is 4.38.